The minimum atomic E-state index is 0.175. The molecular formula is C16H27NO2. The molecule has 0 bridgehead atoms. The van der Waals surface area contributed by atoms with E-state index in [0.717, 1.165) is 31.7 Å². The number of rotatable bonds is 10. The Balaban J connectivity index is 2.38. The summed E-state index contributed by atoms with van der Waals surface area (Å²) >= 11 is 0. The highest BCUT2D eigenvalue weighted by atomic mass is 16.5. The first-order chi connectivity index (χ1) is 9.30. The van der Waals surface area contributed by atoms with E-state index in [9.17, 15) is 0 Å². The standard InChI is InChI=1S/C16H27NO2/c1-3-5-6-10-19-16-9-7-8-14(11-16)12-17-15(4-2)13-18/h7-9,11,15,17-18H,3-6,10,12-13H2,1-2H3. The molecule has 19 heavy (non-hydrogen) atoms. The van der Waals surface area contributed by atoms with Crippen LogP contribution >= 0.6 is 0 Å². The van der Waals surface area contributed by atoms with Gasteiger partial charge in [-0.05, 0) is 30.5 Å². The minimum Gasteiger partial charge on any atom is -0.494 e. The molecule has 0 aliphatic carbocycles. The van der Waals surface area contributed by atoms with Gasteiger partial charge in [0.25, 0.3) is 0 Å². The number of hydrogen-bond donors (Lipinski definition) is 2. The first-order valence-electron chi connectivity index (χ1n) is 7.36. The van der Waals surface area contributed by atoms with Crippen molar-refractivity contribution in [1.29, 1.82) is 0 Å². The van der Waals surface area contributed by atoms with Gasteiger partial charge in [-0.2, -0.15) is 0 Å². The van der Waals surface area contributed by atoms with Gasteiger partial charge < -0.3 is 15.2 Å². The van der Waals surface area contributed by atoms with Gasteiger partial charge in [0.05, 0.1) is 13.2 Å². The van der Waals surface area contributed by atoms with Crippen LogP contribution in [0.3, 0.4) is 0 Å². The molecule has 1 atom stereocenters. The molecule has 0 heterocycles. The van der Waals surface area contributed by atoms with E-state index in [1.807, 2.05) is 12.1 Å². The van der Waals surface area contributed by atoms with Crippen LogP contribution in [0.1, 0.15) is 45.1 Å². The molecule has 0 fully saturated rings. The van der Waals surface area contributed by atoms with E-state index in [4.69, 9.17) is 9.84 Å². The number of aliphatic hydroxyl groups excluding tert-OH is 1. The molecule has 3 heteroatoms. The lowest BCUT2D eigenvalue weighted by atomic mass is 10.2. The van der Waals surface area contributed by atoms with Crippen molar-refractivity contribution in [3.63, 3.8) is 0 Å². The number of nitrogens with one attached hydrogen (secondary N) is 1. The lowest BCUT2D eigenvalue weighted by Crippen LogP contribution is -2.31. The Hall–Kier alpha value is -1.06. The van der Waals surface area contributed by atoms with Gasteiger partial charge in [0.2, 0.25) is 0 Å². The zero-order chi connectivity index (χ0) is 13.9. The second-order valence-corrected chi connectivity index (χ2v) is 4.87. The second-order valence-electron chi connectivity index (χ2n) is 4.87. The first-order valence-corrected chi connectivity index (χ1v) is 7.36. The summed E-state index contributed by atoms with van der Waals surface area (Å²) < 4.78 is 5.73. The molecule has 0 radical (unpaired) electrons. The van der Waals surface area contributed by atoms with Gasteiger partial charge in [-0.3, -0.25) is 0 Å². The van der Waals surface area contributed by atoms with Crippen molar-refractivity contribution in [1.82, 2.24) is 5.32 Å². The molecule has 1 unspecified atom stereocenters. The van der Waals surface area contributed by atoms with Gasteiger partial charge in [0.1, 0.15) is 5.75 Å². The van der Waals surface area contributed by atoms with Crippen molar-refractivity contribution >= 4 is 0 Å². The van der Waals surface area contributed by atoms with Crippen molar-refractivity contribution in [2.24, 2.45) is 0 Å². The molecule has 0 saturated carbocycles. The largest absolute Gasteiger partial charge is 0.494 e. The molecule has 2 N–H and O–H groups in total. The van der Waals surface area contributed by atoms with Gasteiger partial charge in [-0.15, -0.1) is 0 Å². The Morgan fingerprint density at radius 3 is 2.79 bits per heavy atom. The highest BCUT2D eigenvalue weighted by molar-refractivity contribution is 5.28. The zero-order valence-electron chi connectivity index (χ0n) is 12.2. The minimum absolute atomic E-state index is 0.175. The molecular weight excluding hydrogens is 238 g/mol. The number of aliphatic hydroxyl groups is 1. The molecule has 0 aliphatic heterocycles. The van der Waals surface area contributed by atoms with Gasteiger partial charge in [-0.25, -0.2) is 0 Å². The smallest absolute Gasteiger partial charge is 0.119 e. The molecule has 0 aromatic heterocycles. The fourth-order valence-corrected chi connectivity index (χ4v) is 1.89. The lowest BCUT2D eigenvalue weighted by Gasteiger charge is -2.14. The van der Waals surface area contributed by atoms with E-state index in [-0.39, 0.29) is 12.6 Å². The van der Waals surface area contributed by atoms with Crippen molar-refractivity contribution < 1.29 is 9.84 Å². The van der Waals surface area contributed by atoms with E-state index < -0.39 is 0 Å². The van der Waals surface area contributed by atoms with E-state index in [1.54, 1.807) is 0 Å². The van der Waals surface area contributed by atoms with Gasteiger partial charge in [0.15, 0.2) is 0 Å². The average molecular weight is 265 g/mol. The maximum atomic E-state index is 9.14. The summed E-state index contributed by atoms with van der Waals surface area (Å²) in [6, 6.07) is 8.35. The van der Waals surface area contributed by atoms with Crippen molar-refractivity contribution in [3.8, 4) is 5.75 Å². The molecule has 1 rings (SSSR count). The SMILES string of the molecule is CCCCCOc1cccc(CNC(CC)CO)c1. The second kappa shape index (κ2) is 9.82. The molecule has 3 nitrogen and oxygen atoms in total. The Labute approximate surface area is 117 Å². The monoisotopic (exact) mass is 265 g/mol. The van der Waals surface area contributed by atoms with E-state index in [0.29, 0.717) is 0 Å². The zero-order valence-corrected chi connectivity index (χ0v) is 12.2. The molecule has 0 spiro atoms. The molecule has 108 valence electrons. The van der Waals surface area contributed by atoms with E-state index in [2.05, 4.69) is 31.3 Å². The normalized spacial score (nSPS) is 12.4. The highest BCUT2D eigenvalue weighted by Crippen LogP contribution is 2.14. The molecule has 1 aromatic rings. The van der Waals surface area contributed by atoms with Crippen LogP contribution in [0.5, 0.6) is 5.75 Å². The third-order valence-corrected chi connectivity index (χ3v) is 3.22. The van der Waals surface area contributed by atoms with Crippen LogP contribution in [0.4, 0.5) is 0 Å². The van der Waals surface area contributed by atoms with Crippen molar-refractivity contribution in [2.45, 2.75) is 52.1 Å². The number of ether oxygens (including phenoxy) is 1. The van der Waals surface area contributed by atoms with Crippen LogP contribution in [0.25, 0.3) is 0 Å². The van der Waals surface area contributed by atoms with Crippen LogP contribution < -0.4 is 10.1 Å². The average Bonchev–Trinajstić information content (AvgIpc) is 2.45. The summed E-state index contributed by atoms with van der Waals surface area (Å²) in [5, 5.41) is 12.5. The van der Waals surface area contributed by atoms with Crippen LogP contribution in [-0.2, 0) is 6.54 Å². The fraction of sp³-hybridized carbons (Fsp3) is 0.625. The van der Waals surface area contributed by atoms with Crippen LogP contribution in [0, 0.1) is 0 Å². The van der Waals surface area contributed by atoms with Crippen molar-refractivity contribution in [2.75, 3.05) is 13.2 Å². The predicted octanol–water partition coefficient (Wildman–Crippen LogP) is 3.12. The quantitative estimate of drug-likeness (QED) is 0.639. The molecule has 0 saturated heterocycles. The molecule has 1 aromatic carbocycles. The maximum absolute atomic E-state index is 9.14. The Kier molecular flexibility index (Phi) is 8.26. The van der Waals surface area contributed by atoms with Gasteiger partial charge >= 0.3 is 0 Å². The topological polar surface area (TPSA) is 41.5 Å². The fourth-order valence-electron chi connectivity index (χ4n) is 1.89. The first kappa shape index (κ1) is 16.0. The highest BCUT2D eigenvalue weighted by Gasteiger charge is 2.03. The van der Waals surface area contributed by atoms with E-state index in [1.165, 1.54) is 18.4 Å². The number of unbranched alkanes of at least 4 members (excludes halogenated alkanes) is 2. The summed E-state index contributed by atoms with van der Waals surface area (Å²) in [7, 11) is 0. The molecule has 0 amide bonds. The Morgan fingerprint density at radius 1 is 1.26 bits per heavy atom. The van der Waals surface area contributed by atoms with Crippen LogP contribution in [0.2, 0.25) is 0 Å². The summed E-state index contributed by atoms with van der Waals surface area (Å²) in [5.74, 6) is 0.937. The van der Waals surface area contributed by atoms with Crippen LogP contribution in [0.15, 0.2) is 24.3 Å². The Morgan fingerprint density at radius 2 is 2.11 bits per heavy atom. The van der Waals surface area contributed by atoms with Gasteiger partial charge in [0, 0.05) is 12.6 Å². The summed E-state index contributed by atoms with van der Waals surface area (Å²) in [6.07, 6.45) is 4.48. The lowest BCUT2D eigenvalue weighted by molar-refractivity contribution is 0.238. The third-order valence-electron chi connectivity index (χ3n) is 3.22. The summed E-state index contributed by atoms with van der Waals surface area (Å²) in [5.41, 5.74) is 1.19. The summed E-state index contributed by atoms with van der Waals surface area (Å²) in [4.78, 5) is 0. The van der Waals surface area contributed by atoms with Crippen LogP contribution in [-0.4, -0.2) is 24.4 Å². The number of hydrogen-bond acceptors (Lipinski definition) is 3. The Bertz CT molecular complexity index is 337. The van der Waals surface area contributed by atoms with Gasteiger partial charge in [-0.1, -0.05) is 38.8 Å². The van der Waals surface area contributed by atoms with E-state index >= 15 is 0 Å². The maximum Gasteiger partial charge on any atom is 0.119 e. The predicted molar refractivity (Wildman–Crippen MR) is 79.5 cm³/mol. The number of benzene rings is 1. The van der Waals surface area contributed by atoms with Crippen molar-refractivity contribution in [3.05, 3.63) is 29.8 Å². The molecule has 0 aliphatic rings. The third kappa shape index (κ3) is 6.60. The summed E-state index contributed by atoms with van der Waals surface area (Å²) in [6.45, 7) is 6.01.